The molecule has 7 heteroatoms. The molecule has 0 fully saturated rings. The van der Waals surface area contributed by atoms with Crippen LogP contribution >= 0.6 is 0 Å². The van der Waals surface area contributed by atoms with Gasteiger partial charge in [-0.05, 0) is 72.0 Å². The number of anilines is 1. The average Bonchev–Trinajstić information content (AvgIpc) is 3.31. The van der Waals surface area contributed by atoms with E-state index >= 15 is 0 Å². The number of aromatic nitrogens is 3. The minimum absolute atomic E-state index is 0.295. The highest BCUT2D eigenvalue weighted by molar-refractivity contribution is 5.78. The first-order valence-electron chi connectivity index (χ1n) is 9.84. The van der Waals surface area contributed by atoms with E-state index in [1.54, 1.807) is 30.6 Å². The molecule has 1 aliphatic heterocycles. The predicted molar refractivity (Wildman–Crippen MR) is 120 cm³/mol. The van der Waals surface area contributed by atoms with Crippen molar-refractivity contribution >= 4 is 11.3 Å². The topological polar surface area (TPSA) is 93.0 Å². The fourth-order valence-corrected chi connectivity index (χ4v) is 3.38. The summed E-state index contributed by atoms with van der Waals surface area (Å²) in [7, 11) is 0. The Balaban J connectivity index is 1.53. The van der Waals surface area contributed by atoms with Gasteiger partial charge < -0.3 is 4.74 Å². The fourth-order valence-electron chi connectivity index (χ4n) is 3.38. The molecule has 2 aromatic heterocycles. The zero-order valence-electron chi connectivity index (χ0n) is 17.0. The molecule has 1 aliphatic rings. The first-order valence-corrected chi connectivity index (χ1v) is 9.84. The number of nitrogens with two attached hydrogens (primary N) is 1. The summed E-state index contributed by atoms with van der Waals surface area (Å²) in [6, 6.07) is 13.3. The van der Waals surface area contributed by atoms with Crippen LogP contribution in [0.5, 0.6) is 5.75 Å². The number of hydrazine groups is 1. The summed E-state index contributed by atoms with van der Waals surface area (Å²) in [5.74, 6) is 7.02. The zero-order valence-corrected chi connectivity index (χ0v) is 17.0. The Kier molecular flexibility index (Phi) is 5.65. The van der Waals surface area contributed by atoms with E-state index in [1.807, 2.05) is 29.0 Å². The molecule has 0 bridgehead atoms. The highest BCUT2D eigenvalue weighted by Crippen LogP contribution is 2.29. The van der Waals surface area contributed by atoms with Crippen molar-refractivity contribution in [3.05, 3.63) is 96.8 Å². The number of aryl methyl sites for hydroxylation is 1. The quantitative estimate of drug-likeness (QED) is 0.376. The molecule has 0 saturated heterocycles. The smallest absolute Gasteiger partial charge is 0.142 e. The fraction of sp³-hybridized carbons (Fsp3) is 0.125. The van der Waals surface area contributed by atoms with Crippen molar-refractivity contribution in [3.63, 3.8) is 0 Å². The van der Waals surface area contributed by atoms with Gasteiger partial charge in [0, 0.05) is 12.4 Å². The molecule has 4 rings (SSSR count). The molecule has 0 saturated carbocycles. The third kappa shape index (κ3) is 4.25. The number of benzene rings is 1. The predicted octanol–water partition coefficient (Wildman–Crippen LogP) is 3.93. The van der Waals surface area contributed by atoms with E-state index < -0.39 is 0 Å². The molecule has 0 radical (unpaired) electrons. The number of hydrogen-bond donors (Lipinski definition) is 1. The van der Waals surface area contributed by atoms with Crippen LogP contribution in [0.1, 0.15) is 23.4 Å². The van der Waals surface area contributed by atoms with Gasteiger partial charge in [0.2, 0.25) is 0 Å². The van der Waals surface area contributed by atoms with Gasteiger partial charge in [0.05, 0.1) is 29.9 Å². The van der Waals surface area contributed by atoms with E-state index in [1.165, 1.54) is 16.8 Å². The first-order chi connectivity index (χ1) is 15.1. The normalized spacial score (nSPS) is 12.6. The molecule has 0 amide bonds. The van der Waals surface area contributed by atoms with Crippen molar-refractivity contribution < 1.29 is 4.74 Å². The molecular formula is C24H22N6O. The molecule has 1 aromatic carbocycles. The van der Waals surface area contributed by atoms with Crippen molar-refractivity contribution in [2.45, 2.75) is 12.8 Å². The van der Waals surface area contributed by atoms with Gasteiger partial charge in [0.1, 0.15) is 17.5 Å². The Morgan fingerprint density at radius 1 is 1.23 bits per heavy atom. The lowest BCUT2D eigenvalue weighted by Crippen LogP contribution is -2.24. The minimum Gasteiger partial charge on any atom is -0.493 e. The third-order valence-corrected chi connectivity index (χ3v) is 5.07. The van der Waals surface area contributed by atoms with Gasteiger partial charge in [-0.2, -0.15) is 10.4 Å². The van der Waals surface area contributed by atoms with Crippen molar-refractivity contribution in [1.29, 1.82) is 5.26 Å². The molecule has 3 heterocycles. The highest BCUT2D eigenvalue weighted by Gasteiger charge is 2.14. The molecule has 0 spiro atoms. The summed E-state index contributed by atoms with van der Waals surface area (Å²) in [6.45, 7) is 9.08. The zero-order chi connectivity index (χ0) is 21.8. The van der Waals surface area contributed by atoms with Gasteiger partial charge >= 0.3 is 0 Å². The number of hydrogen-bond acceptors (Lipinski definition) is 6. The number of rotatable bonds is 6. The lowest BCUT2D eigenvalue weighted by Gasteiger charge is -2.19. The van der Waals surface area contributed by atoms with Crippen molar-refractivity contribution in [2.75, 3.05) is 11.6 Å². The molecule has 154 valence electrons. The van der Waals surface area contributed by atoms with E-state index in [-0.39, 0.29) is 0 Å². The number of pyridine rings is 1. The maximum absolute atomic E-state index is 9.00. The second-order valence-electron chi connectivity index (χ2n) is 7.11. The van der Waals surface area contributed by atoms with E-state index in [0.717, 1.165) is 42.2 Å². The van der Waals surface area contributed by atoms with Crippen LogP contribution in [0.2, 0.25) is 0 Å². The van der Waals surface area contributed by atoms with E-state index in [9.17, 15) is 0 Å². The summed E-state index contributed by atoms with van der Waals surface area (Å²) in [5, 5.41) is 14.9. The van der Waals surface area contributed by atoms with Gasteiger partial charge in [0.25, 0.3) is 0 Å². The summed E-state index contributed by atoms with van der Waals surface area (Å²) < 4.78 is 7.55. The second kappa shape index (κ2) is 8.69. The highest BCUT2D eigenvalue weighted by atomic mass is 16.5. The van der Waals surface area contributed by atoms with Crippen LogP contribution in [0, 0.1) is 11.3 Å². The largest absolute Gasteiger partial charge is 0.493 e. The van der Waals surface area contributed by atoms with E-state index in [4.69, 9.17) is 15.8 Å². The molecular weight excluding hydrogens is 388 g/mol. The maximum atomic E-state index is 9.00. The maximum Gasteiger partial charge on any atom is 0.142 e. The minimum atomic E-state index is 0.295. The molecule has 0 aliphatic carbocycles. The Morgan fingerprint density at radius 2 is 2.10 bits per heavy atom. The average molecular weight is 410 g/mol. The Labute approximate surface area is 181 Å². The summed E-state index contributed by atoms with van der Waals surface area (Å²) in [6.07, 6.45) is 8.72. The lowest BCUT2D eigenvalue weighted by molar-refractivity contribution is 0.288. The van der Waals surface area contributed by atoms with Crippen LogP contribution < -0.4 is 15.6 Å². The van der Waals surface area contributed by atoms with Gasteiger partial charge in [-0.15, -0.1) is 0 Å². The lowest BCUT2D eigenvalue weighted by atomic mass is 10.0. The molecule has 7 nitrogen and oxygen atoms in total. The van der Waals surface area contributed by atoms with Crippen LogP contribution in [0.25, 0.3) is 11.3 Å². The first kappa shape index (κ1) is 20.1. The SMILES string of the molecule is C=C(/C=C\N(N)c1ccnc(C#N)c1)C(=C)c1ccnn1-c1ccc2c(c1)CCCO2. The van der Waals surface area contributed by atoms with Gasteiger partial charge in [0.15, 0.2) is 0 Å². The Bertz CT molecular complexity index is 1220. The number of fused-ring (bicyclic) bond motifs is 1. The monoisotopic (exact) mass is 410 g/mol. The van der Waals surface area contributed by atoms with Crippen molar-refractivity contribution in [2.24, 2.45) is 5.84 Å². The summed E-state index contributed by atoms with van der Waals surface area (Å²) >= 11 is 0. The van der Waals surface area contributed by atoms with Crippen LogP contribution in [0.4, 0.5) is 5.69 Å². The number of allylic oxidation sites excluding steroid dienone is 3. The van der Waals surface area contributed by atoms with Crippen LogP contribution in [-0.2, 0) is 6.42 Å². The number of nitrogens with zero attached hydrogens (tertiary/aromatic N) is 5. The molecule has 2 N–H and O–H groups in total. The molecule has 3 aromatic rings. The van der Waals surface area contributed by atoms with Crippen LogP contribution in [0.3, 0.4) is 0 Å². The summed E-state index contributed by atoms with van der Waals surface area (Å²) in [5.41, 5.74) is 5.32. The Hall–Kier alpha value is -4.15. The van der Waals surface area contributed by atoms with E-state index in [2.05, 4.69) is 29.3 Å². The molecule has 31 heavy (non-hydrogen) atoms. The molecule has 0 atom stereocenters. The van der Waals surface area contributed by atoms with Gasteiger partial charge in [-0.1, -0.05) is 13.2 Å². The third-order valence-electron chi connectivity index (χ3n) is 5.07. The van der Waals surface area contributed by atoms with Crippen LogP contribution in [-0.4, -0.2) is 21.4 Å². The van der Waals surface area contributed by atoms with Crippen LogP contribution in [0.15, 0.2) is 79.8 Å². The standard InChI is InChI=1S/C24H22N6O/c1-17(9-12-29(26)21-7-10-27-20(15-21)16-25)18(2)23-8-11-28-30(23)22-5-6-24-19(14-22)4-3-13-31-24/h5-12,14-15H,1-4,13,26H2/b12-9-. The number of ether oxygens (including phenoxy) is 1. The van der Waals surface area contributed by atoms with E-state index in [0.29, 0.717) is 17.0 Å². The van der Waals surface area contributed by atoms with Gasteiger partial charge in [-0.25, -0.2) is 15.5 Å². The van der Waals surface area contributed by atoms with Crippen molar-refractivity contribution in [1.82, 2.24) is 14.8 Å². The second-order valence-corrected chi connectivity index (χ2v) is 7.11. The van der Waals surface area contributed by atoms with Crippen molar-refractivity contribution in [3.8, 4) is 17.5 Å². The molecule has 0 unspecified atom stereocenters. The summed E-state index contributed by atoms with van der Waals surface area (Å²) in [4.78, 5) is 3.95. The number of nitriles is 1. The Morgan fingerprint density at radius 3 is 2.94 bits per heavy atom. The van der Waals surface area contributed by atoms with Gasteiger partial charge in [-0.3, -0.25) is 5.01 Å².